The van der Waals surface area contributed by atoms with E-state index in [0.717, 1.165) is 5.56 Å². The Morgan fingerprint density at radius 3 is 2.48 bits per heavy atom. The van der Waals surface area contributed by atoms with E-state index in [1.807, 2.05) is 0 Å². The number of ether oxygens (including phenoxy) is 2. The van der Waals surface area contributed by atoms with Crippen LogP contribution in [0.3, 0.4) is 0 Å². The molecular weight excluding hydrogens is 414 g/mol. The quantitative estimate of drug-likeness (QED) is 0.518. The van der Waals surface area contributed by atoms with Crippen LogP contribution in [0.2, 0.25) is 0 Å². The second kappa shape index (κ2) is 9.72. The molecule has 0 aliphatic heterocycles. The van der Waals surface area contributed by atoms with Crippen LogP contribution >= 0.6 is 15.9 Å². The number of methoxy groups -OCH3 is 2. The number of rotatable bonds is 7. The Balaban J connectivity index is 1.96. The molecule has 0 unspecified atom stereocenters. The average Bonchev–Trinajstić information content (AvgIpc) is 2.69. The third-order valence-electron chi connectivity index (χ3n) is 3.67. The normalized spacial score (nSPS) is 10.9. The predicted octanol–water partition coefficient (Wildman–Crippen LogP) is 2.74. The number of hydrogen-bond donors (Lipinski definition) is 2. The second-order valence-electron chi connectivity index (χ2n) is 5.46. The molecule has 142 valence electrons. The molecule has 0 atom stereocenters. The number of amides is 2. The molecule has 0 aromatic heterocycles. The van der Waals surface area contributed by atoms with Crippen molar-refractivity contribution in [2.75, 3.05) is 20.8 Å². The highest BCUT2D eigenvalue weighted by molar-refractivity contribution is 9.10. The van der Waals surface area contributed by atoms with Gasteiger partial charge in [0.1, 0.15) is 11.5 Å². The molecular formula is C19H20BrN3O4. The molecule has 2 rings (SSSR count). The summed E-state index contributed by atoms with van der Waals surface area (Å²) in [5, 5.41) is 6.61. The predicted molar refractivity (Wildman–Crippen MR) is 106 cm³/mol. The number of nitrogens with zero attached hydrogens (tertiary/aromatic N) is 1. The Bertz CT molecular complexity index is 868. The number of carbonyl (C=O) groups excluding carboxylic acids is 2. The first-order valence-corrected chi connectivity index (χ1v) is 8.83. The van der Waals surface area contributed by atoms with Gasteiger partial charge in [-0.3, -0.25) is 9.59 Å². The van der Waals surface area contributed by atoms with E-state index < -0.39 is 5.91 Å². The summed E-state index contributed by atoms with van der Waals surface area (Å²) in [6, 6.07) is 12.3. The number of carbonyl (C=O) groups is 2. The molecule has 2 N–H and O–H groups in total. The van der Waals surface area contributed by atoms with Gasteiger partial charge in [0, 0.05) is 16.1 Å². The number of halogens is 1. The summed E-state index contributed by atoms with van der Waals surface area (Å²) in [6.07, 6.45) is 0. The first-order valence-electron chi connectivity index (χ1n) is 8.04. The molecule has 2 amide bonds. The van der Waals surface area contributed by atoms with Gasteiger partial charge in [0.2, 0.25) is 0 Å². The number of benzene rings is 2. The highest BCUT2D eigenvalue weighted by atomic mass is 79.9. The molecule has 2 aromatic rings. The third-order valence-corrected chi connectivity index (χ3v) is 4.37. The van der Waals surface area contributed by atoms with Crippen molar-refractivity contribution in [3.05, 3.63) is 58.1 Å². The Morgan fingerprint density at radius 1 is 1.07 bits per heavy atom. The van der Waals surface area contributed by atoms with Crippen LogP contribution in [-0.2, 0) is 4.79 Å². The molecule has 2 aromatic carbocycles. The number of hydrazone groups is 1. The topological polar surface area (TPSA) is 89.0 Å². The Labute approximate surface area is 165 Å². The minimum atomic E-state index is -0.442. The molecule has 0 bridgehead atoms. The summed E-state index contributed by atoms with van der Waals surface area (Å²) in [5.41, 5.74) is 4.14. The molecule has 0 saturated carbocycles. The van der Waals surface area contributed by atoms with Gasteiger partial charge in [-0.2, -0.15) is 5.10 Å². The molecule has 0 fully saturated rings. The van der Waals surface area contributed by atoms with Crippen LogP contribution in [0.5, 0.6) is 11.5 Å². The van der Waals surface area contributed by atoms with Crippen LogP contribution in [0.15, 0.2) is 52.0 Å². The highest BCUT2D eigenvalue weighted by Gasteiger charge is 2.11. The molecule has 0 radical (unpaired) electrons. The van der Waals surface area contributed by atoms with Gasteiger partial charge in [0.15, 0.2) is 0 Å². The molecule has 7 nitrogen and oxygen atoms in total. The first-order chi connectivity index (χ1) is 13.0. The summed E-state index contributed by atoms with van der Waals surface area (Å²) in [6.45, 7) is 1.54. The fourth-order valence-corrected chi connectivity index (χ4v) is 2.71. The molecule has 0 aliphatic rings. The lowest BCUT2D eigenvalue weighted by Gasteiger charge is -2.10. The molecule has 8 heteroatoms. The van der Waals surface area contributed by atoms with Gasteiger partial charge >= 0.3 is 0 Å². The van der Waals surface area contributed by atoms with Gasteiger partial charge in [0.05, 0.1) is 32.0 Å². The monoisotopic (exact) mass is 433 g/mol. The zero-order chi connectivity index (χ0) is 19.8. The molecule has 27 heavy (non-hydrogen) atoms. The average molecular weight is 434 g/mol. The van der Waals surface area contributed by atoms with Gasteiger partial charge in [0.25, 0.3) is 11.8 Å². The SMILES string of the molecule is COc1ccc(/C(C)=N\NC(=O)CNC(=O)c2ccccc2Br)c(OC)c1. The summed E-state index contributed by atoms with van der Waals surface area (Å²) in [7, 11) is 3.11. The highest BCUT2D eigenvalue weighted by Crippen LogP contribution is 2.25. The van der Waals surface area contributed by atoms with E-state index in [4.69, 9.17) is 9.47 Å². The first kappa shape index (κ1) is 20.4. The van der Waals surface area contributed by atoms with Crippen molar-refractivity contribution >= 4 is 33.5 Å². The zero-order valence-electron chi connectivity index (χ0n) is 15.2. The summed E-state index contributed by atoms with van der Waals surface area (Å²) in [4.78, 5) is 24.0. The Morgan fingerprint density at radius 2 is 1.81 bits per heavy atom. The number of nitrogens with one attached hydrogen (secondary N) is 2. The van der Waals surface area contributed by atoms with Crippen molar-refractivity contribution in [3.8, 4) is 11.5 Å². The van der Waals surface area contributed by atoms with Gasteiger partial charge < -0.3 is 14.8 Å². The maximum Gasteiger partial charge on any atom is 0.259 e. The van der Waals surface area contributed by atoms with Crippen molar-refractivity contribution in [1.82, 2.24) is 10.7 Å². The van der Waals surface area contributed by atoms with Gasteiger partial charge in [-0.25, -0.2) is 5.43 Å². The van der Waals surface area contributed by atoms with Crippen LogP contribution in [0.25, 0.3) is 0 Å². The van der Waals surface area contributed by atoms with E-state index in [2.05, 4.69) is 31.8 Å². The van der Waals surface area contributed by atoms with Gasteiger partial charge in [-0.1, -0.05) is 12.1 Å². The summed E-state index contributed by atoms with van der Waals surface area (Å²) in [5.74, 6) is 0.437. The molecule has 0 heterocycles. The molecule has 0 saturated heterocycles. The lowest BCUT2D eigenvalue weighted by molar-refractivity contribution is -0.120. The third kappa shape index (κ3) is 5.55. The van der Waals surface area contributed by atoms with Crippen molar-refractivity contribution in [2.45, 2.75) is 6.92 Å². The van der Waals surface area contributed by atoms with E-state index >= 15 is 0 Å². The van der Waals surface area contributed by atoms with Crippen LogP contribution in [-0.4, -0.2) is 38.3 Å². The fourth-order valence-electron chi connectivity index (χ4n) is 2.24. The standard InChI is InChI=1S/C19H20BrN3O4/c1-12(14-9-8-13(26-2)10-17(14)27-3)22-23-18(24)11-21-19(25)15-6-4-5-7-16(15)20/h4-10H,11H2,1-3H3,(H,21,25)(H,23,24)/b22-12-. The van der Waals surface area contributed by atoms with Crippen molar-refractivity contribution in [1.29, 1.82) is 0 Å². The maximum absolute atomic E-state index is 12.1. The Kier molecular flexibility index (Phi) is 7.36. The fraction of sp³-hybridized carbons (Fsp3) is 0.211. The van der Waals surface area contributed by atoms with E-state index in [1.165, 1.54) is 0 Å². The van der Waals surface area contributed by atoms with Crippen LogP contribution in [0.1, 0.15) is 22.8 Å². The van der Waals surface area contributed by atoms with E-state index in [1.54, 1.807) is 63.6 Å². The van der Waals surface area contributed by atoms with Gasteiger partial charge in [-0.15, -0.1) is 0 Å². The molecule has 0 spiro atoms. The zero-order valence-corrected chi connectivity index (χ0v) is 16.8. The smallest absolute Gasteiger partial charge is 0.259 e. The van der Waals surface area contributed by atoms with Crippen LogP contribution in [0, 0.1) is 0 Å². The lowest BCUT2D eigenvalue weighted by Crippen LogP contribution is -2.35. The van der Waals surface area contributed by atoms with Crippen LogP contribution in [0.4, 0.5) is 0 Å². The molecule has 0 aliphatic carbocycles. The van der Waals surface area contributed by atoms with Crippen molar-refractivity contribution < 1.29 is 19.1 Å². The van der Waals surface area contributed by atoms with Crippen molar-refractivity contribution in [3.63, 3.8) is 0 Å². The minimum Gasteiger partial charge on any atom is -0.497 e. The maximum atomic E-state index is 12.1. The van der Waals surface area contributed by atoms with E-state index in [-0.39, 0.29) is 12.5 Å². The lowest BCUT2D eigenvalue weighted by atomic mass is 10.1. The summed E-state index contributed by atoms with van der Waals surface area (Å²) < 4.78 is 11.1. The summed E-state index contributed by atoms with van der Waals surface area (Å²) >= 11 is 3.30. The number of hydrogen-bond acceptors (Lipinski definition) is 5. The van der Waals surface area contributed by atoms with Crippen LogP contribution < -0.4 is 20.2 Å². The second-order valence-corrected chi connectivity index (χ2v) is 6.32. The minimum absolute atomic E-state index is 0.198. The van der Waals surface area contributed by atoms with E-state index in [9.17, 15) is 9.59 Å². The van der Waals surface area contributed by atoms with E-state index in [0.29, 0.717) is 27.2 Å². The largest absolute Gasteiger partial charge is 0.497 e. The van der Waals surface area contributed by atoms with Crippen molar-refractivity contribution in [2.24, 2.45) is 5.10 Å². The Hall–Kier alpha value is -2.87. The van der Waals surface area contributed by atoms with Gasteiger partial charge in [-0.05, 0) is 47.1 Å².